The van der Waals surface area contributed by atoms with E-state index in [4.69, 9.17) is 0 Å². The number of benzene rings is 2. The smallest absolute Gasteiger partial charge is 0.207 e. The Morgan fingerprint density at radius 1 is 0.833 bits per heavy atom. The highest BCUT2D eigenvalue weighted by atomic mass is 19.4. The van der Waals surface area contributed by atoms with Gasteiger partial charge in [-0.15, -0.1) is 0 Å². The van der Waals surface area contributed by atoms with Crippen LogP contribution >= 0.6 is 0 Å². The van der Waals surface area contributed by atoms with E-state index in [1.165, 1.54) is 18.9 Å². The molecule has 0 aromatic heterocycles. The second kappa shape index (κ2) is 9.44. The molecule has 0 aliphatic heterocycles. The molecule has 0 nitrogen and oxygen atoms in total. The van der Waals surface area contributed by atoms with Gasteiger partial charge in [-0.25, -0.2) is 13.2 Å². The average Bonchev–Trinajstić information content (AvgIpc) is 2.66. The zero-order valence-electron chi connectivity index (χ0n) is 17.0. The lowest BCUT2D eigenvalue weighted by Gasteiger charge is -2.28. The Labute approximate surface area is 173 Å². The molecule has 1 aliphatic rings. The van der Waals surface area contributed by atoms with E-state index in [1.807, 2.05) is 6.07 Å². The minimum atomic E-state index is -5.09. The number of hydrogen-bond acceptors (Lipinski definition) is 0. The van der Waals surface area contributed by atoms with E-state index in [0.29, 0.717) is 23.6 Å². The Kier molecular flexibility index (Phi) is 7.14. The van der Waals surface area contributed by atoms with Gasteiger partial charge in [-0.2, -0.15) is 13.2 Å². The molecular weight excluding hydrogens is 402 g/mol. The lowest BCUT2D eigenvalue weighted by Crippen LogP contribution is -2.13. The maximum atomic E-state index is 14.6. The van der Waals surface area contributed by atoms with Crippen LogP contribution in [0.2, 0.25) is 0 Å². The van der Waals surface area contributed by atoms with Crippen LogP contribution < -0.4 is 0 Å². The Morgan fingerprint density at radius 2 is 1.47 bits per heavy atom. The van der Waals surface area contributed by atoms with E-state index in [2.05, 4.69) is 6.92 Å². The molecule has 0 amide bonds. The van der Waals surface area contributed by atoms with Crippen LogP contribution in [0.25, 0.3) is 0 Å². The molecule has 1 aliphatic carbocycles. The minimum Gasteiger partial charge on any atom is -0.207 e. The van der Waals surface area contributed by atoms with Gasteiger partial charge in [-0.3, -0.25) is 0 Å². The molecule has 0 unspecified atom stereocenters. The van der Waals surface area contributed by atoms with Gasteiger partial charge in [0.2, 0.25) is 0 Å². The van der Waals surface area contributed by atoms with E-state index in [1.54, 1.807) is 6.07 Å². The molecule has 1 fully saturated rings. The molecule has 164 valence electrons. The molecule has 3 rings (SSSR count). The standard InChI is InChI=1S/C24H26F6/c1-2-3-15-4-7-17(8-5-15)19-11-10-18(20(25)14-19)9-6-16-12-21(26)23(22(27)13-16)24(28,29)30/h10-15,17H,2-9H2,1H3. The number of rotatable bonds is 6. The monoisotopic (exact) mass is 428 g/mol. The summed E-state index contributed by atoms with van der Waals surface area (Å²) in [6.07, 6.45) is 1.95. The van der Waals surface area contributed by atoms with Crippen LogP contribution in [0.5, 0.6) is 0 Å². The molecule has 2 aromatic carbocycles. The van der Waals surface area contributed by atoms with Crippen molar-refractivity contribution in [3.8, 4) is 0 Å². The molecule has 0 radical (unpaired) electrons. The van der Waals surface area contributed by atoms with Gasteiger partial charge in [0.25, 0.3) is 0 Å². The van der Waals surface area contributed by atoms with Crippen LogP contribution in [0.4, 0.5) is 26.3 Å². The number of aryl methyl sites for hydroxylation is 2. The molecule has 0 atom stereocenters. The minimum absolute atomic E-state index is 0.0460. The summed E-state index contributed by atoms with van der Waals surface area (Å²) < 4.78 is 80.0. The van der Waals surface area contributed by atoms with Gasteiger partial charge < -0.3 is 0 Å². The van der Waals surface area contributed by atoms with E-state index >= 15 is 0 Å². The summed E-state index contributed by atoms with van der Waals surface area (Å²) >= 11 is 0. The van der Waals surface area contributed by atoms with Crippen molar-refractivity contribution in [1.82, 2.24) is 0 Å². The number of halogens is 6. The molecule has 1 saturated carbocycles. The largest absolute Gasteiger partial charge is 0.422 e. The molecule has 30 heavy (non-hydrogen) atoms. The highest BCUT2D eigenvalue weighted by Crippen LogP contribution is 2.38. The van der Waals surface area contributed by atoms with Gasteiger partial charge in [-0.05, 0) is 85.3 Å². The molecule has 6 heteroatoms. The fourth-order valence-corrected chi connectivity index (χ4v) is 4.53. The molecular formula is C24H26F6. The van der Waals surface area contributed by atoms with Gasteiger partial charge in [0.1, 0.15) is 23.0 Å². The fraction of sp³-hybridized carbons (Fsp3) is 0.500. The Balaban J connectivity index is 1.65. The lowest BCUT2D eigenvalue weighted by atomic mass is 9.77. The van der Waals surface area contributed by atoms with E-state index in [-0.39, 0.29) is 24.2 Å². The van der Waals surface area contributed by atoms with Gasteiger partial charge in [0.15, 0.2) is 0 Å². The third-order valence-electron chi connectivity index (χ3n) is 6.16. The van der Waals surface area contributed by atoms with Crippen LogP contribution in [0, 0.1) is 23.4 Å². The molecule has 0 bridgehead atoms. The van der Waals surface area contributed by atoms with E-state index < -0.39 is 23.4 Å². The summed E-state index contributed by atoms with van der Waals surface area (Å²) in [4.78, 5) is 0. The molecule has 0 heterocycles. The van der Waals surface area contributed by atoms with Crippen molar-refractivity contribution >= 4 is 0 Å². The van der Waals surface area contributed by atoms with Crippen LogP contribution in [0.1, 0.15) is 73.6 Å². The summed E-state index contributed by atoms with van der Waals surface area (Å²) in [5.41, 5.74) is -0.469. The van der Waals surface area contributed by atoms with Gasteiger partial charge in [0.05, 0.1) is 0 Å². The fourth-order valence-electron chi connectivity index (χ4n) is 4.53. The average molecular weight is 428 g/mol. The summed E-state index contributed by atoms with van der Waals surface area (Å²) in [6, 6.07) is 6.46. The summed E-state index contributed by atoms with van der Waals surface area (Å²) in [7, 11) is 0. The van der Waals surface area contributed by atoms with E-state index in [0.717, 1.165) is 37.2 Å². The van der Waals surface area contributed by atoms with Crippen molar-refractivity contribution in [3.63, 3.8) is 0 Å². The highest BCUT2D eigenvalue weighted by molar-refractivity contribution is 5.31. The topological polar surface area (TPSA) is 0 Å². The second-order valence-electron chi connectivity index (χ2n) is 8.29. The maximum absolute atomic E-state index is 14.6. The van der Waals surface area contributed by atoms with Crippen LogP contribution in [-0.4, -0.2) is 0 Å². The van der Waals surface area contributed by atoms with Crippen molar-refractivity contribution in [2.45, 2.75) is 70.4 Å². The molecule has 0 N–H and O–H groups in total. The number of hydrogen-bond donors (Lipinski definition) is 0. The van der Waals surface area contributed by atoms with Crippen molar-refractivity contribution in [2.24, 2.45) is 5.92 Å². The van der Waals surface area contributed by atoms with Gasteiger partial charge in [-0.1, -0.05) is 31.9 Å². The third-order valence-corrected chi connectivity index (χ3v) is 6.16. The lowest BCUT2D eigenvalue weighted by molar-refractivity contribution is -0.142. The number of alkyl halides is 3. The summed E-state index contributed by atoms with van der Waals surface area (Å²) in [5, 5.41) is 0. The predicted octanol–water partition coefficient (Wildman–Crippen LogP) is 7.98. The zero-order valence-corrected chi connectivity index (χ0v) is 17.0. The first-order valence-corrected chi connectivity index (χ1v) is 10.5. The third kappa shape index (κ3) is 5.38. The second-order valence-corrected chi connectivity index (χ2v) is 8.29. The first kappa shape index (κ1) is 22.7. The van der Waals surface area contributed by atoms with Gasteiger partial charge >= 0.3 is 6.18 Å². The molecule has 0 spiro atoms. The van der Waals surface area contributed by atoms with Crippen LogP contribution in [0.3, 0.4) is 0 Å². The Bertz CT molecular complexity index is 839. The van der Waals surface area contributed by atoms with Gasteiger partial charge in [0, 0.05) is 0 Å². The van der Waals surface area contributed by atoms with Crippen molar-refractivity contribution in [2.75, 3.05) is 0 Å². The van der Waals surface area contributed by atoms with Crippen molar-refractivity contribution in [3.05, 3.63) is 70.0 Å². The van der Waals surface area contributed by atoms with Crippen molar-refractivity contribution in [1.29, 1.82) is 0 Å². The predicted molar refractivity (Wildman–Crippen MR) is 105 cm³/mol. The SMILES string of the molecule is CCCC1CCC(c2ccc(CCc3cc(F)c(C(F)(F)F)c(F)c3)c(F)c2)CC1. The highest BCUT2D eigenvalue weighted by Gasteiger charge is 2.37. The van der Waals surface area contributed by atoms with Crippen LogP contribution in [-0.2, 0) is 19.0 Å². The van der Waals surface area contributed by atoms with Crippen LogP contribution in [0.15, 0.2) is 30.3 Å². The molecule has 0 saturated heterocycles. The quantitative estimate of drug-likeness (QED) is 0.409. The normalized spacial score (nSPS) is 19.8. The Hall–Kier alpha value is -1.98. The molecule has 2 aromatic rings. The zero-order chi connectivity index (χ0) is 21.9. The van der Waals surface area contributed by atoms with Crippen molar-refractivity contribution < 1.29 is 26.3 Å². The Morgan fingerprint density at radius 3 is 2.00 bits per heavy atom. The first-order chi connectivity index (χ1) is 14.2. The summed E-state index contributed by atoms with van der Waals surface area (Å²) in [5.74, 6) is -2.56. The first-order valence-electron chi connectivity index (χ1n) is 10.5. The summed E-state index contributed by atoms with van der Waals surface area (Å²) in [6.45, 7) is 2.19. The maximum Gasteiger partial charge on any atom is 0.422 e. The van der Waals surface area contributed by atoms with E-state index in [9.17, 15) is 26.3 Å².